The number of carbonyl (C=O) groups excluding carboxylic acids is 1. The first-order valence-corrected chi connectivity index (χ1v) is 4.59. The zero-order valence-electron chi connectivity index (χ0n) is 8.41. The Morgan fingerprint density at radius 2 is 2.07 bits per heavy atom. The number of ketones is 1. The van der Waals surface area contributed by atoms with Crippen molar-refractivity contribution in [2.24, 2.45) is 0 Å². The highest BCUT2D eigenvalue weighted by Gasteiger charge is 2.17. The summed E-state index contributed by atoms with van der Waals surface area (Å²) in [5.74, 6) is 0.0801. The van der Waals surface area contributed by atoms with Crippen LogP contribution in [0.2, 0.25) is 0 Å². The van der Waals surface area contributed by atoms with Crippen molar-refractivity contribution in [3.05, 3.63) is 29.3 Å². The second-order valence-electron chi connectivity index (χ2n) is 3.65. The van der Waals surface area contributed by atoms with E-state index in [1.165, 1.54) is 0 Å². The topological polar surface area (TPSA) is 29.5 Å². The smallest absolute Gasteiger partial charge is 0.188 e. The largest absolute Gasteiger partial charge is 0.378 e. The Bertz CT molecular complexity index is 372. The molecule has 1 aromatic carbocycles. The van der Waals surface area contributed by atoms with E-state index in [1.807, 2.05) is 37.2 Å². The van der Waals surface area contributed by atoms with Gasteiger partial charge in [0.05, 0.1) is 6.61 Å². The van der Waals surface area contributed by atoms with Crippen molar-refractivity contribution in [3.8, 4) is 0 Å². The van der Waals surface area contributed by atoms with Gasteiger partial charge in [-0.1, -0.05) is 0 Å². The van der Waals surface area contributed by atoms with Gasteiger partial charge in [0.1, 0.15) is 6.61 Å². The lowest BCUT2D eigenvalue weighted by atomic mass is 10.0. The van der Waals surface area contributed by atoms with Gasteiger partial charge < -0.3 is 9.64 Å². The number of carbonyl (C=O) groups is 1. The minimum Gasteiger partial charge on any atom is -0.378 e. The van der Waals surface area contributed by atoms with E-state index in [2.05, 4.69) is 0 Å². The van der Waals surface area contributed by atoms with Gasteiger partial charge in [-0.15, -0.1) is 0 Å². The van der Waals surface area contributed by atoms with Crippen LogP contribution in [0.15, 0.2) is 18.2 Å². The van der Waals surface area contributed by atoms with Gasteiger partial charge in [-0.05, 0) is 23.8 Å². The monoisotopic (exact) mass is 191 g/mol. The van der Waals surface area contributed by atoms with Crippen molar-refractivity contribution in [1.82, 2.24) is 0 Å². The summed E-state index contributed by atoms with van der Waals surface area (Å²) in [6.45, 7) is 0.761. The molecule has 0 fully saturated rings. The maximum absolute atomic E-state index is 11.4. The molecular formula is C11H13NO2. The zero-order valence-corrected chi connectivity index (χ0v) is 8.41. The normalized spacial score (nSPS) is 15.1. The van der Waals surface area contributed by atoms with Crippen LogP contribution in [-0.4, -0.2) is 26.5 Å². The second-order valence-corrected chi connectivity index (χ2v) is 3.65. The quantitative estimate of drug-likeness (QED) is 0.673. The number of Topliss-reactive ketones (excluding diaryl/α,β-unsaturated/α-hetero) is 1. The van der Waals surface area contributed by atoms with Crippen LogP contribution in [-0.2, 0) is 11.3 Å². The van der Waals surface area contributed by atoms with Crippen LogP contribution in [0.3, 0.4) is 0 Å². The standard InChI is InChI=1S/C11H13NO2/c1-12(2)9-3-4-10-8(5-9)6-14-7-11(10)13/h3-5H,6-7H2,1-2H3. The summed E-state index contributed by atoms with van der Waals surface area (Å²) in [6, 6.07) is 5.85. The van der Waals surface area contributed by atoms with E-state index in [9.17, 15) is 4.79 Å². The van der Waals surface area contributed by atoms with Gasteiger partial charge >= 0.3 is 0 Å². The van der Waals surface area contributed by atoms with Crippen LogP contribution in [0.4, 0.5) is 5.69 Å². The van der Waals surface area contributed by atoms with Gasteiger partial charge in [0, 0.05) is 25.3 Å². The molecular weight excluding hydrogens is 178 g/mol. The van der Waals surface area contributed by atoms with Crippen molar-refractivity contribution in [3.63, 3.8) is 0 Å². The van der Waals surface area contributed by atoms with Gasteiger partial charge in [-0.3, -0.25) is 4.79 Å². The van der Waals surface area contributed by atoms with E-state index < -0.39 is 0 Å². The SMILES string of the molecule is CN(C)c1ccc2c(c1)COCC2=O. The first kappa shape index (κ1) is 9.21. The molecule has 0 spiro atoms. The number of ether oxygens (including phenoxy) is 1. The number of hydrogen-bond donors (Lipinski definition) is 0. The number of rotatable bonds is 1. The lowest BCUT2D eigenvalue weighted by Gasteiger charge is -2.19. The summed E-state index contributed by atoms with van der Waals surface area (Å²) in [4.78, 5) is 13.4. The maximum atomic E-state index is 11.4. The molecule has 0 aromatic heterocycles. The Labute approximate surface area is 83.3 Å². The van der Waals surface area contributed by atoms with Crippen LogP contribution in [0.1, 0.15) is 15.9 Å². The molecule has 1 aliphatic rings. The highest BCUT2D eigenvalue weighted by molar-refractivity contribution is 5.99. The fourth-order valence-corrected chi connectivity index (χ4v) is 1.58. The molecule has 0 unspecified atom stereocenters. The Morgan fingerprint density at radius 3 is 2.79 bits per heavy atom. The summed E-state index contributed by atoms with van der Waals surface area (Å²) >= 11 is 0. The van der Waals surface area contributed by atoms with Crippen molar-refractivity contribution in [1.29, 1.82) is 0 Å². The molecule has 1 aliphatic heterocycles. The fraction of sp³-hybridized carbons (Fsp3) is 0.364. The van der Waals surface area contributed by atoms with Gasteiger partial charge in [-0.2, -0.15) is 0 Å². The molecule has 0 aliphatic carbocycles. The van der Waals surface area contributed by atoms with E-state index in [4.69, 9.17) is 4.74 Å². The summed E-state index contributed by atoms with van der Waals surface area (Å²) in [7, 11) is 3.96. The Kier molecular flexibility index (Phi) is 2.25. The Hall–Kier alpha value is -1.35. The fourth-order valence-electron chi connectivity index (χ4n) is 1.58. The molecule has 0 saturated carbocycles. The average Bonchev–Trinajstić information content (AvgIpc) is 2.17. The highest BCUT2D eigenvalue weighted by Crippen LogP contribution is 2.22. The third-order valence-electron chi connectivity index (χ3n) is 2.40. The second kappa shape index (κ2) is 3.42. The van der Waals surface area contributed by atoms with Crippen LogP contribution >= 0.6 is 0 Å². The Morgan fingerprint density at radius 1 is 1.29 bits per heavy atom. The molecule has 3 nitrogen and oxygen atoms in total. The first-order chi connectivity index (χ1) is 6.68. The average molecular weight is 191 g/mol. The van der Waals surface area contributed by atoms with E-state index in [0.29, 0.717) is 6.61 Å². The molecule has 14 heavy (non-hydrogen) atoms. The van der Waals surface area contributed by atoms with Crippen LogP contribution < -0.4 is 4.90 Å². The van der Waals surface area contributed by atoms with Crippen molar-refractivity contribution < 1.29 is 9.53 Å². The molecule has 0 bridgehead atoms. The molecule has 1 aromatic rings. The molecule has 2 rings (SSSR count). The number of hydrogen-bond acceptors (Lipinski definition) is 3. The van der Waals surface area contributed by atoms with Crippen molar-refractivity contribution in [2.75, 3.05) is 25.6 Å². The summed E-state index contributed by atoms with van der Waals surface area (Å²) in [5, 5.41) is 0. The minimum atomic E-state index is 0.0801. The molecule has 3 heteroatoms. The number of fused-ring (bicyclic) bond motifs is 1. The highest BCUT2D eigenvalue weighted by atomic mass is 16.5. The molecule has 0 atom stereocenters. The Balaban J connectivity index is 2.44. The summed E-state index contributed by atoms with van der Waals surface area (Å²) in [6.07, 6.45) is 0. The van der Waals surface area contributed by atoms with E-state index in [-0.39, 0.29) is 12.4 Å². The molecule has 0 radical (unpaired) electrons. The zero-order chi connectivity index (χ0) is 10.1. The lowest BCUT2D eigenvalue weighted by molar-refractivity contribution is 0.0665. The predicted molar refractivity (Wildman–Crippen MR) is 54.8 cm³/mol. The predicted octanol–water partition coefficient (Wildman–Crippen LogP) is 1.47. The molecule has 0 amide bonds. The van der Waals surface area contributed by atoms with Crippen LogP contribution in [0.5, 0.6) is 0 Å². The van der Waals surface area contributed by atoms with Crippen molar-refractivity contribution >= 4 is 11.5 Å². The molecule has 1 heterocycles. The number of anilines is 1. The summed E-state index contributed by atoms with van der Waals surface area (Å²) in [5.41, 5.74) is 2.90. The van der Waals surface area contributed by atoms with Gasteiger partial charge in [-0.25, -0.2) is 0 Å². The minimum absolute atomic E-state index is 0.0801. The maximum Gasteiger partial charge on any atom is 0.188 e. The lowest BCUT2D eigenvalue weighted by Crippen LogP contribution is -2.19. The third kappa shape index (κ3) is 1.51. The number of benzene rings is 1. The van der Waals surface area contributed by atoms with E-state index in [1.54, 1.807) is 0 Å². The van der Waals surface area contributed by atoms with E-state index >= 15 is 0 Å². The molecule has 0 saturated heterocycles. The van der Waals surface area contributed by atoms with Crippen molar-refractivity contribution in [2.45, 2.75) is 6.61 Å². The van der Waals surface area contributed by atoms with Crippen LogP contribution in [0, 0.1) is 0 Å². The van der Waals surface area contributed by atoms with Gasteiger partial charge in [0.15, 0.2) is 5.78 Å². The summed E-state index contributed by atoms with van der Waals surface area (Å²) < 4.78 is 5.17. The first-order valence-electron chi connectivity index (χ1n) is 4.59. The van der Waals surface area contributed by atoms with E-state index in [0.717, 1.165) is 16.8 Å². The number of nitrogens with zero attached hydrogens (tertiary/aromatic N) is 1. The van der Waals surface area contributed by atoms with Gasteiger partial charge in [0.2, 0.25) is 0 Å². The molecule has 0 N–H and O–H groups in total. The van der Waals surface area contributed by atoms with Gasteiger partial charge in [0.25, 0.3) is 0 Å². The van der Waals surface area contributed by atoms with Crippen LogP contribution in [0.25, 0.3) is 0 Å². The molecule has 74 valence electrons. The third-order valence-corrected chi connectivity index (χ3v) is 2.40.